The number of nitrogens with zero attached hydrogens (tertiary/aromatic N) is 1. The van der Waals surface area contributed by atoms with Crippen LogP contribution in [0.5, 0.6) is 0 Å². The molecular weight excluding hydrogens is 470 g/mol. The number of carbonyl (C=O) groups is 3. The van der Waals surface area contributed by atoms with E-state index >= 15 is 0 Å². The first-order valence-electron chi connectivity index (χ1n) is 14.9. The summed E-state index contributed by atoms with van der Waals surface area (Å²) in [5.41, 5.74) is 0. The number of rotatable bonds is 28. The molecule has 37 heavy (non-hydrogen) atoms. The number of aliphatic carboxylic acids is 3. The van der Waals surface area contributed by atoms with Crippen LogP contribution in [0.1, 0.15) is 135 Å². The van der Waals surface area contributed by atoms with Crippen molar-refractivity contribution in [3.05, 3.63) is 12.2 Å². The number of hydrogen-bond acceptors (Lipinski definition) is 4. The Bertz CT molecular complexity index is 578. The summed E-state index contributed by atoms with van der Waals surface area (Å²) in [5.74, 6) is -3.81. The Morgan fingerprint density at radius 3 is 1.27 bits per heavy atom. The van der Waals surface area contributed by atoms with Gasteiger partial charge >= 0.3 is 11.9 Å². The van der Waals surface area contributed by atoms with Crippen molar-refractivity contribution in [2.75, 3.05) is 26.2 Å². The van der Waals surface area contributed by atoms with Crippen molar-refractivity contribution < 1.29 is 34.2 Å². The molecule has 0 fully saturated rings. The third-order valence-electron chi connectivity index (χ3n) is 7.05. The molecular formula is C30H55NO6. The lowest BCUT2D eigenvalue weighted by atomic mass is 10.0. The second-order valence-corrected chi connectivity index (χ2v) is 10.8. The van der Waals surface area contributed by atoms with Crippen LogP contribution in [0.3, 0.4) is 0 Å². The van der Waals surface area contributed by atoms with Gasteiger partial charge in [-0.1, -0.05) is 109 Å². The lowest BCUT2D eigenvalue weighted by molar-refractivity contribution is -0.909. The van der Waals surface area contributed by atoms with Gasteiger partial charge in [0.25, 0.3) is 0 Å². The van der Waals surface area contributed by atoms with Crippen molar-refractivity contribution in [3.63, 3.8) is 0 Å². The molecule has 0 aliphatic rings. The molecule has 0 aliphatic carbocycles. The average Bonchev–Trinajstić information content (AvgIpc) is 2.81. The largest absolute Gasteiger partial charge is 0.544 e. The van der Waals surface area contributed by atoms with Gasteiger partial charge in [-0.2, -0.15) is 0 Å². The van der Waals surface area contributed by atoms with E-state index < -0.39 is 42.0 Å². The van der Waals surface area contributed by atoms with E-state index in [2.05, 4.69) is 19.1 Å². The zero-order chi connectivity index (χ0) is 27.6. The van der Waals surface area contributed by atoms with Gasteiger partial charge in [-0.3, -0.25) is 0 Å². The standard InChI is InChI=1S/C30H55NO6/c1-2-3-4-5-6-7-8-9-10-11-12-13-14-15-16-17-18-19-20-21-22-23-24-31(25-28(32)33,26-29(34)35)27-30(36)37/h9-10H,2-8,11-27H2,1H3,(H2-,32,33,34,35,36,37)/b10-9+. The van der Waals surface area contributed by atoms with Gasteiger partial charge in [0.15, 0.2) is 13.1 Å². The SMILES string of the molecule is CCCCCCCC/C=C/CCCCCCCCCCCCCC[N+](CC(=O)[O-])(CC(=O)O)CC(=O)O. The summed E-state index contributed by atoms with van der Waals surface area (Å²) in [6.45, 7) is 0.859. The van der Waals surface area contributed by atoms with Gasteiger partial charge in [-0.25, -0.2) is 9.59 Å². The van der Waals surface area contributed by atoms with Gasteiger partial charge < -0.3 is 24.6 Å². The number of carboxylic acid groups (broad SMARTS) is 3. The van der Waals surface area contributed by atoms with Crippen LogP contribution in [0.2, 0.25) is 0 Å². The minimum atomic E-state index is -1.42. The van der Waals surface area contributed by atoms with Crippen molar-refractivity contribution in [1.82, 2.24) is 0 Å². The minimum Gasteiger partial charge on any atom is -0.544 e. The maximum Gasteiger partial charge on any atom is 0.359 e. The summed E-state index contributed by atoms with van der Waals surface area (Å²) in [6.07, 6.45) is 29.2. The van der Waals surface area contributed by atoms with Gasteiger partial charge in [0.1, 0.15) is 6.54 Å². The summed E-state index contributed by atoms with van der Waals surface area (Å²) >= 11 is 0. The molecule has 216 valence electrons. The highest BCUT2D eigenvalue weighted by atomic mass is 16.4. The summed E-state index contributed by atoms with van der Waals surface area (Å²) in [5, 5.41) is 29.3. The number of carboxylic acids is 3. The highest BCUT2D eigenvalue weighted by Crippen LogP contribution is 2.15. The van der Waals surface area contributed by atoms with Crippen molar-refractivity contribution >= 4 is 17.9 Å². The maximum absolute atomic E-state index is 11.2. The van der Waals surface area contributed by atoms with E-state index in [9.17, 15) is 19.5 Å². The fourth-order valence-corrected chi connectivity index (χ4v) is 5.01. The molecule has 0 saturated carbocycles. The van der Waals surface area contributed by atoms with E-state index in [1.165, 1.54) is 103 Å². The van der Waals surface area contributed by atoms with E-state index in [0.29, 0.717) is 6.42 Å². The Labute approximate surface area is 225 Å². The normalized spacial score (nSPS) is 11.8. The Kier molecular flexibility index (Phi) is 23.2. The maximum atomic E-state index is 11.2. The predicted octanol–water partition coefficient (Wildman–Crippen LogP) is 6.10. The van der Waals surface area contributed by atoms with Crippen LogP contribution < -0.4 is 5.11 Å². The Morgan fingerprint density at radius 2 is 0.919 bits per heavy atom. The molecule has 0 aromatic heterocycles. The summed E-state index contributed by atoms with van der Waals surface area (Å²) < 4.78 is -0.498. The third kappa shape index (κ3) is 24.2. The molecule has 0 amide bonds. The molecule has 0 aromatic rings. The number of carbonyl (C=O) groups excluding carboxylic acids is 1. The number of allylic oxidation sites excluding steroid dienone is 2. The van der Waals surface area contributed by atoms with Crippen LogP contribution in [-0.4, -0.2) is 58.8 Å². The fourth-order valence-electron chi connectivity index (χ4n) is 5.01. The molecule has 0 spiro atoms. The molecule has 0 saturated heterocycles. The molecule has 0 heterocycles. The predicted molar refractivity (Wildman–Crippen MR) is 147 cm³/mol. The van der Waals surface area contributed by atoms with Crippen LogP contribution in [0.4, 0.5) is 0 Å². The van der Waals surface area contributed by atoms with Gasteiger partial charge in [0, 0.05) is 0 Å². The number of unbranched alkanes of at least 4 members (excludes halogenated alkanes) is 18. The topological polar surface area (TPSA) is 115 Å². The summed E-state index contributed by atoms with van der Waals surface area (Å²) in [4.78, 5) is 33.4. The number of quaternary nitrogens is 1. The van der Waals surface area contributed by atoms with E-state index in [1.54, 1.807) is 0 Å². The van der Waals surface area contributed by atoms with E-state index in [4.69, 9.17) is 10.2 Å². The smallest absolute Gasteiger partial charge is 0.359 e. The first-order valence-corrected chi connectivity index (χ1v) is 14.9. The minimum absolute atomic E-state index is 0.224. The van der Waals surface area contributed by atoms with Gasteiger partial charge in [-0.05, 0) is 38.5 Å². The van der Waals surface area contributed by atoms with Crippen LogP contribution in [0.15, 0.2) is 12.2 Å². The van der Waals surface area contributed by atoms with Crippen molar-refractivity contribution in [2.45, 2.75) is 135 Å². The molecule has 0 aliphatic heterocycles. The highest BCUT2D eigenvalue weighted by Gasteiger charge is 2.33. The van der Waals surface area contributed by atoms with E-state index in [-0.39, 0.29) is 6.54 Å². The quantitative estimate of drug-likeness (QED) is 0.0724. The lowest BCUT2D eigenvalue weighted by Gasteiger charge is -2.36. The van der Waals surface area contributed by atoms with Gasteiger partial charge in [0.05, 0.1) is 12.5 Å². The number of hydrogen-bond donors (Lipinski definition) is 2. The fraction of sp³-hybridized carbons (Fsp3) is 0.833. The van der Waals surface area contributed by atoms with Crippen molar-refractivity contribution in [3.8, 4) is 0 Å². The summed E-state index contributed by atoms with van der Waals surface area (Å²) in [7, 11) is 0. The molecule has 0 unspecified atom stereocenters. The van der Waals surface area contributed by atoms with Gasteiger partial charge in [-0.15, -0.1) is 0 Å². The second kappa shape index (κ2) is 24.4. The summed E-state index contributed by atoms with van der Waals surface area (Å²) in [6, 6.07) is 0. The molecule has 0 bridgehead atoms. The molecule has 7 nitrogen and oxygen atoms in total. The van der Waals surface area contributed by atoms with Gasteiger partial charge in [0.2, 0.25) is 0 Å². The van der Waals surface area contributed by atoms with Crippen LogP contribution >= 0.6 is 0 Å². The Balaban J connectivity index is 3.65. The molecule has 2 N–H and O–H groups in total. The molecule has 7 heteroatoms. The average molecular weight is 526 g/mol. The molecule has 0 rings (SSSR count). The van der Waals surface area contributed by atoms with Crippen LogP contribution in [-0.2, 0) is 14.4 Å². The first-order chi connectivity index (χ1) is 17.8. The van der Waals surface area contributed by atoms with Crippen LogP contribution in [0, 0.1) is 0 Å². The zero-order valence-corrected chi connectivity index (χ0v) is 23.6. The zero-order valence-electron chi connectivity index (χ0n) is 23.6. The monoisotopic (exact) mass is 525 g/mol. The van der Waals surface area contributed by atoms with E-state index in [0.717, 1.165) is 19.3 Å². The van der Waals surface area contributed by atoms with Crippen molar-refractivity contribution in [1.29, 1.82) is 0 Å². The second-order valence-electron chi connectivity index (χ2n) is 10.8. The van der Waals surface area contributed by atoms with Crippen LogP contribution in [0.25, 0.3) is 0 Å². The lowest BCUT2D eigenvalue weighted by Crippen LogP contribution is -2.59. The molecule has 0 atom stereocenters. The Hall–Kier alpha value is -1.89. The Morgan fingerprint density at radius 1 is 0.568 bits per heavy atom. The first kappa shape index (κ1) is 35.1. The highest BCUT2D eigenvalue weighted by molar-refractivity contribution is 5.72. The van der Waals surface area contributed by atoms with E-state index in [1.807, 2.05) is 0 Å². The molecule has 0 aromatic carbocycles. The molecule has 0 radical (unpaired) electrons. The van der Waals surface area contributed by atoms with Crippen molar-refractivity contribution in [2.24, 2.45) is 0 Å². The third-order valence-corrected chi connectivity index (χ3v) is 7.05.